The van der Waals surface area contributed by atoms with Crippen molar-refractivity contribution in [3.05, 3.63) is 45.0 Å². The highest BCUT2D eigenvalue weighted by molar-refractivity contribution is 7.15. The quantitative estimate of drug-likeness (QED) is 0.423. The summed E-state index contributed by atoms with van der Waals surface area (Å²) in [5.41, 5.74) is 2.87. The number of carbonyl (C=O) groups excluding carboxylic acids is 2. The lowest BCUT2D eigenvalue weighted by Crippen LogP contribution is -2.19. The summed E-state index contributed by atoms with van der Waals surface area (Å²) in [5.74, 6) is -0.429. The molecular weight excluding hydrogens is 364 g/mol. The Morgan fingerprint density at radius 1 is 1.35 bits per heavy atom. The van der Waals surface area contributed by atoms with Crippen LogP contribution in [-0.4, -0.2) is 39.9 Å². The van der Waals surface area contributed by atoms with E-state index in [1.165, 1.54) is 30.5 Å². The van der Waals surface area contributed by atoms with Crippen LogP contribution in [0.4, 0.5) is 15.6 Å². The molecule has 0 bridgehead atoms. The zero-order valence-corrected chi connectivity index (χ0v) is 14.4. The molecule has 0 radical (unpaired) electrons. The fourth-order valence-corrected chi connectivity index (χ4v) is 2.39. The molecule has 12 heteroatoms. The van der Waals surface area contributed by atoms with Gasteiger partial charge in [0.05, 0.1) is 24.2 Å². The highest BCUT2D eigenvalue weighted by Gasteiger charge is 2.11. The zero-order chi connectivity index (χ0) is 18.9. The van der Waals surface area contributed by atoms with Crippen LogP contribution in [0.2, 0.25) is 0 Å². The van der Waals surface area contributed by atoms with Crippen LogP contribution in [0.1, 0.15) is 17.5 Å². The van der Waals surface area contributed by atoms with E-state index in [-0.39, 0.29) is 23.8 Å². The molecule has 0 unspecified atom stereocenters. The van der Waals surface area contributed by atoms with E-state index in [1.807, 2.05) is 0 Å². The Morgan fingerprint density at radius 3 is 2.73 bits per heavy atom. The van der Waals surface area contributed by atoms with E-state index in [0.29, 0.717) is 10.6 Å². The number of anilines is 1. The number of nitro benzene ring substituents is 1. The second-order valence-electron chi connectivity index (χ2n) is 4.67. The lowest BCUT2D eigenvalue weighted by atomic mass is 10.2. The largest absolute Gasteiger partial charge is 0.450 e. The van der Waals surface area contributed by atoms with Crippen molar-refractivity contribution in [3.63, 3.8) is 0 Å². The van der Waals surface area contributed by atoms with E-state index in [9.17, 15) is 19.7 Å². The third-order valence-corrected chi connectivity index (χ3v) is 3.61. The Labute approximate surface area is 151 Å². The molecule has 2 N–H and O–H groups in total. The molecule has 11 nitrogen and oxygen atoms in total. The molecule has 1 aromatic carbocycles. The number of nitrogens with zero attached hydrogens (tertiary/aromatic N) is 4. The van der Waals surface area contributed by atoms with Crippen LogP contribution in [-0.2, 0) is 16.0 Å². The Hall–Kier alpha value is -3.41. The SMILES string of the molecule is CCOC(=O)Nc1nnc(CC(=O)N/N=C\c2ccc([N+](=O)[O-])cc2)s1. The number of carbonyl (C=O) groups is 2. The fraction of sp³-hybridized carbons (Fsp3) is 0.214. The maximum Gasteiger partial charge on any atom is 0.413 e. The van der Waals surface area contributed by atoms with Crippen LogP contribution in [0, 0.1) is 10.1 Å². The minimum Gasteiger partial charge on any atom is -0.450 e. The first kappa shape index (κ1) is 18.9. The fourth-order valence-electron chi connectivity index (χ4n) is 1.67. The molecule has 0 fully saturated rings. The summed E-state index contributed by atoms with van der Waals surface area (Å²) >= 11 is 1.04. The van der Waals surface area contributed by atoms with Crippen molar-refractivity contribution in [3.8, 4) is 0 Å². The predicted molar refractivity (Wildman–Crippen MR) is 93.1 cm³/mol. The third-order valence-electron chi connectivity index (χ3n) is 2.77. The van der Waals surface area contributed by atoms with E-state index < -0.39 is 16.9 Å². The first-order valence-corrected chi connectivity index (χ1v) is 8.12. The van der Waals surface area contributed by atoms with E-state index in [2.05, 4.69) is 26.0 Å². The number of ether oxygens (including phenoxy) is 1. The van der Waals surface area contributed by atoms with Crippen molar-refractivity contribution >= 4 is 40.4 Å². The molecule has 0 spiro atoms. The minimum absolute atomic E-state index is 0.0327. The van der Waals surface area contributed by atoms with Gasteiger partial charge < -0.3 is 4.74 Å². The van der Waals surface area contributed by atoms with Gasteiger partial charge in [0.1, 0.15) is 5.01 Å². The molecule has 0 saturated carbocycles. The second kappa shape index (κ2) is 9.17. The molecule has 0 aliphatic heterocycles. The molecule has 2 rings (SSSR count). The van der Waals surface area contributed by atoms with Gasteiger partial charge in [0.2, 0.25) is 11.0 Å². The summed E-state index contributed by atoms with van der Waals surface area (Å²) in [5, 5.41) is 24.8. The van der Waals surface area contributed by atoms with Gasteiger partial charge in [-0.3, -0.25) is 20.2 Å². The molecule has 0 saturated heterocycles. The summed E-state index contributed by atoms with van der Waals surface area (Å²) in [6, 6.07) is 5.68. The first-order chi connectivity index (χ1) is 12.5. The molecule has 1 heterocycles. The summed E-state index contributed by atoms with van der Waals surface area (Å²) in [6.45, 7) is 1.90. The van der Waals surface area contributed by atoms with Gasteiger partial charge in [0, 0.05) is 12.1 Å². The van der Waals surface area contributed by atoms with Crippen LogP contribution in [0.3, 0.4) is 0 Å². The van der Waals surface area contributed by atoms with E-state index >= 15 is 0 Å². The maximum atomic E-state index is 11.8. The average Bonchev–Trinajstić information content (AvgIpc) is 3.02. The van der Waals surface area contributed by atoms with Gasteiger partial charge >= 0.3 is 6.09 Å². The number of non-ortho nitro benzene ring substituents is 1. The predicted octanol–water partition coefficient (Wildman–Crippen LogP) is 1.71. The number of rotatable bonds is 7. The van der Waals surface area contributed by atoms with Crippen LogP contribution in [0.5, 0.6) is 0 Å². The summed E-state index contributed by atoms with van der Waals surface area (Å²) in [4.78, 5) is 33.1. The Balaban J connectivity index is 1.82. The number of hydrogen-bond donors (Lipinski definition) is 2. The molecule has 136 valence electrons. The van der Waals surface area contributed by atoms with Crippen molar-refractivity contribution in [2.75, 3.05) is 11.9 Å². The molecule has 1 aromatic heterocycles. The Morgan fingerprint density at radius 2 is 2.08 bits per heavy atom. The van der Waals surface area contributed by atoms with Gasteiger partial charge in [-0.25, -0.2) is 10.2 Å². The molecule has 0 aliphatic rings. The molecule has 0 atom stereocenters. The number of hydrazone groups is 1. The molecule has 0 aliphatic carbocycles. The van der Waals surface area contributed by atoms with E-state index in [4.69, 9.17) is 4.74 Å². The van der Waals surface area contributed by atoms with Crippen molar-refractivity contribution in [2.24, 2.45) is 5.10 Å². The van der Waals surface area contributed by atoms with Gasteiger partial charge in [-0.05, 0) is 24.6 Å². The lowest BCUT2D eigenvalue weighted by Gasteiger charge is -1.99. The van der Waals surface area contributed by atoms with Crippen molar-refractivity contribution < 1.29 is 19.2 Å². The lowest BCUT2D eigenvalue weighted by molar-refractivity contribution is -0.384. The van der Waals surface area contributed by atoms with Crippen LogP contribution in [0.25, 0.3) is 0 Å². The van der Waals surface area contributed by atoms with Gasteiger partial charge in [-0.2, -0.15) is 5.10 Å². The maximum absolute atomic E-state index is 11.8. The number of hydrogen-bond acceptors (Lipinski definition) is 9. The number of nitrogens with one attached hydrogen (secondary N) is 2. The number of benzene rings is 1. The first-order valence-electron chi connectivity index (χ1n) is 7.30. The average molecular weight is 378 g/mol. The van der Waals surface area contributed by atoms with Gasteiger partial charge in [-0.15, -0.1) is 10.2 Å². The Kier molecular flexibility index (Phi) is 6.68. The molecule has 26 heavy (non-hydrogen) atoms. The minimum atomic E-state index is -0.646. The second-order valence-corrected chi connectivity index (χ2v) is 5.73. The normalized spacial score (nSPS) is 10.5. The van der Waals surface area contributed by atoms with Gasteiger partial charge in [0.15, 0.2) is 0 Å². The third kappa shape index (κ3) is 5.90. The van der Waals surface area contributed by atoms with Crippen LogP contribution < -0.4 is 10.7 Å². The summed E-state index contributed by atoms with van der Waals surface area (Å²) in [7, 11) is 0. The van der Waals surface area contributed by atoms with Crippen molar-refractivity contribution in [2.45, 2.75) is 13.3 Å². The monoisotopic (exact) mass is 378 g/mol. The smallest absolute Gasteiger partial charge is 0.413 e. The van der Waals surface area contributed by atoms with Crippen molar-refractivity contribution in [1.82, 2.24) is 15.6 Å². The van der Waals surface area contributed by atoms with E-state index in [1.54, 1.807) is 6.92 Å². The molecular formula is C14H14N6O5S. The summed E-state index contributed by atoms with van der Waals surface area (Å²) < 4.78 is 4.70. The highest BCUT2D eigenvalue weighted by atomic mass is 32.1. The number of amides is 2. The van der Waals surface area contributed by atoms with Gasteiger partial charge in [-0.1, -0.05) is 11.3 Å². The molecule has 2 aromatic rings. The van der Waals surface area contributed by atoms with Crippen LogP contribution in [0.15, 0.2) is 29.4 Å². The number of nitro groups is 1. The van der Waals surface area contributed by atoms with Crippen molar-refractivity contribution in [1.29, 1.82) is 0 Å². The van der Waals surface area contributed by atoms with Gasteiger partial charge in [0.25, 0.3) is 5.69 Å². The zero-order valence-electron chi connectivity index (χ0n) is 13.5. The Bertz CT molecular complexity index is 819. The highest BCUT2D eigenvalue weighted by Crippen LogP contribution is 2.15. The number of aromatic nitrogens is 2. The summed E-state index contributed by atoms with van der Waals surface area (Å²) in [6.07, 6.45) is 0.641. The molecule has 2 amide bonds. The van der Waals surface area contributed by atoms with E-state index in [0.717, 1.165) is 11.3 Å². The topological polar surface area (TPSA) is 149 Å². The standard InChI is InChI=1S/C14H14N6O5S/c1-2-25-14(22)16-13-19-18-12(26-13)7-11(21)17-15-8-9-3-5-10(6-4-9)20(23)24/h3-6,8H,2,7H2,1H3,(H,17,21)(H,16,19,22)/b15-8-. The van der Waals surface area contributed by atoms with Crippen LogP contribution >= 0.6 is 11.3 Å².